The summed E-state index contributed by atoms with van der Waals surface area (Å²) in [5, 5.41) is 9.97. The molecule has 1 heterocycles. The lowest BCUT2D eigenvalue weighted by molar-refractivity contribution is 0.0248. The van der Waals surface area contributed by atoms with E-state index in [9.17, 15) is 9.90 Å². The minimum Gasteiger partial charge on any atom is -0.457 e. The van der Waals surface area contributed by atoms with Crippen molar-refractivity contribution in [2.75, 3.05) is 13.1 Å². The Kier molecular flexibility index (Phi) is 4.63. The van der Waals surface area contributed by atoms with E-state index in [1.807, 2.05) is 49.4 Å². The van der Waals surface area contributed by atoms with E-state index in [0.29, 0.717) is 24.4 Å². The van der Waals surface area contributed by atoms with Crippen molar-refractivity contribution in [3.05, 3.63) is 60.2 Å². The normalized spacial score (nSPS) is 21.0. The summed E-state index contributed by atoms with van der Waals surface area (Å²) in [6.07, 6.45) is 0.379. The van der Waals surface area contributed by atoms with Crippen LogP contribution in [0.4, 0.5) is 0 Å². The number of ether oxygens (including phenoxy) is 1. The highest BCUT2D eigenvalue weighted by atomic mass is 16.5. The average Bonchev–Trinajstić information content (AvgIpc) is 2.58. The third-order valence-corrected chi connectivity index (χ3v) is 4.27. The Bertz CT molecular complexity index is 671. The molecule has 0 aliphatic carbocycles. The Morgan fingerprint density at radius 2 is 1.87 bits per heavy atom. The molecule has 3 rings (SSSR count). The first-order chi connectivity index (χ1) is 11.1. The number of para-hydroxylation sites is 1. The molecule has 2 unspecified atom stereocenters. The molecular formula is C19H21NO3. The number of carbonyl (C=O) groups is 1. The quantitative estimate of drug-likeness (QED) is 0.946. The van der Waals surface area contributed by atoms with Gasteiger partial charge in [0.2, 0.25) is 0 Å². The van der Waals surface area contributed by atoms with Gasteiger partial charge in [-0.2, -0.15) is 0 Å². The Labute approximate surface area is 136 Å². The fraction of sp³-hybridized carbons (Fsp3) is 0.316. The van der Waals surface area contributed by atoms with Gasteiger partial charge < -0.3 is 14.7 Å². The highest BCUT2D eigenvalue weighted by Gasteiger charge is 2.27. The molecule has 0 bridgehead atoms. The number of likely N-dealkylation sites (tertiary alicyclic amines) is 1. The molecule has 1 aliphatic rings. The van der Waals surface area contributed by atoms with Gasteiger partial charge in [0, 0.05) is 18.7 Å². The van der Waals surface area contributed by atoms with E-state index in [4.69, 9.17) is 4.74 Å². The van der Waals surface area contributed by atoms with Crippen LogP contribution >= 0.6 is 0 Å². The average molecular weight is 311 g/mol. The summed E-state index contributed by atoms with van der Waals surface area (Å²) in [6.45, 7) is 3.09. The summed E-state index contributed by atoms with van der Waals surface area (Å²) >= 11 is 0. The van der Waals surface area contributed by atoms with Crippen LogP contribution in [0.25, 0.3) is 0 Å². The molecule has 0 radical (unpaired) electrons. The minimum atomic E-state index is -0.448. The molecule has 23 heavy (non-hydrogen) atoms. The summed E-state index contributed by atoms with van der Waals surface area (Å²) in [4.78, 5) is 14.3. The molecular weight excluding hydrogens is 290 g/mol. The van der Waals surface area contributed by atoms with E-state index >= 15 is 0 Å². The van der Waals surface area contributed by atoms with Gasteiger partial charge >= 0.3 is 0 Å². The molecule has 4 nitrogen and oxygen atoms in total. The largest absolute Gasteiger partial charge is 0.457 e. The lowest BCUT2D eigenvalue weighted by Gasteiger charge is -2.34. The van der Waals surface area contributed by atoms with Gasteiger partial charge in [-0.15, -0.1) is 0 Å². The number of piperidine rings is 1. The fourth-order valence-corrected chi connectivity index (χ4v) is 2.73. The SMILES string of the molecule is CC1CCN(C(=O)c2cccc(Oc3ccccc3)c2)CC1O. The molecule has 1 saturated heterocycles. The monoisotopic (exact) mass is 311 g/mol. The van der Waals surface area contributed by atoms with Gasteiger partial charge in [0.05, 0.1) is 6.10 Å². The Morgan fingerprint density at radius 1 is 1.13 bits per heavy atom. The van der Waals surface area contributed by atoms with Crippen LogP contribution in [-0.2, 0) is 0 Å². The summed E-state index contributed by atoms with van der Waals surface area (Å²) in [5.74, 6) is 1.55. The lowest BCUT2D eigenvalue weighted by Crippen LogP contribution is -2.45. The molecule has 1 fully saturated rings. The highest BCUT2D eigenvalue weighted by Crippen LogP contribution is 2.24. The molecule has 0 spiro atoms. The number of aliphatic hydroxyl groups is 1. The molecule has 0 saturated carbocycles. The number of carbonyl (C=O) groups excluding carboxylic acids is 1. The summed E-state index contributed by atoms with van der Waals surface area (Å²) in [7, 11) is 0. The van der Waals surface area contributed by atoms with Crippen molar-refractivity contribution >= 4 is 5.91 Å². The number of rotatable bonds is 3. The summed E-state index contributed by atoms with van der Waals surface area (Å²) in [6, 6.07) is 16.7. The molecule has 1 aliphatic heterocycles. The second-order valence-electron chi connectivity index (χ2n) is 6.03. The number of benzene rings is 2. The second-order valence-corrected chi connectivity index (χ2v) is 6.03. The van der Waals surface area contributed by atoms with Crippen molar-refractivity contribution < 1.29 is 14.6 Å². The topological polar surface area (TPSA) is 49.8 Å². The highest BCUT2D eigenvalue weighted by molar-refractivity contribution is 5.94. The molecule has 120 valence electrons. The van der Waals surface area contributed by atoms with Gasteiger partial charge in [0.15, 0.2) is 0 Å². The van der Waals surface area contributed by atoms with Gasteiger partial charge in [-0.05, 0) is 42.7 Å². The third kappa shape index (κ3) is 3.71. The van der Waals surface area contributed by atoms with Gasteiger partial charge in [0.1, 0.15) is 11.5 Å². The van der Waals surface area contributed by atoms with Gasteiger partial charge in [-0.3, -0.25) is 4.79 Å². The van der Waals surface area contributed by atoms with Crippen LogP contribution in [0.3, 0.4) is 0 Å². The van der Waals surface area contributed by atoms with E-state index < -0.39 is 6.10 Å². The smallest absolute Gasteiger partial charge is 0.254 e. The van der Waals surface area contributed by atoms with Crippen molar-refractivity contribution in [2.24, 2.45) is 5.92 Å². The van der Waals surface area contributed by atoms with Crippen LogP contribution in [-0.4, -0.2) is 35.1 Å². The predicted octanol–water partition coefficient (Wildman–Crippen LogP) is 3.32. The number of nitrogens with zero attached hydrogens (tertiary/aromatic N) is 1. The van der Waals surface area contributed by atoms with Gasteiger partial charge in [-0.25, -0.2) is 0 Å². The molecule has 4 heteroatoms. The standard InChI is InChI=1S/C19H21NO3/c1-14-10-11-20(13-18(14)21)19(22)15-6-5-9-17(12-15)23-16-7-3-2-4-8-16/h2-9,12,14,18,21H,10-11,13H2,1H3. The predicted molar refractivity (Wildman–Crippen MR) is 88.6 cm³/mol. The number of hydrogen-bond donors (Lipinski definition) is 1. The van der Waals surface area contributed by atoms with Gasteiger partial charge in [-0.1, -0.05) is 31.2 Å². The summed E-state index contributed by atoms with van der Waals surface area (Å²) < 4.78 is 5.77. The van der Waals surface area contributed by atoms with E-state index in [0.717, 1.165) is 12.2 Å². The van der Waals surface area contributed by atoms with E-state index in [-0.39, 0.29) is 11.8 Å². The molecule has 2 atom stereocenters. The maximum atomic E-state index is 12.6. The zero-order chi connectivity index (χ0) is 16.2. The summed E-state index contributed by atoms with van der Waals surface area (Å²) in [5.41, 5.74) is 0.584. The molecule has 1 amide bonds. The Hall–Kier alpha value is -2.33. The van der Waals surface area contributed by atoms with Gasteiger partial charge in [0.25, 0.3) is 5.91 Å². The number of amides is 1. The van der Waals surface area contributed by atoms with Crippen molar-refractivity contribution in [2.45, 2.75) is 19.4 Å². The fourth-order valence-electron chi connectivity index (χ4n) is 2.73. The Balaban J connectivity index is 1.73. The van der Waals surface area contributed by atoms with Crippen LogP contribution in [0.5, 0.6) is 11.5 Å². The van der Waals surface area contributed by atoms with Crippen LogP contribution < -0.4 is 4.74 Å². The van der Waals surface area contributed by atoms with Crippen LogP contribution in [0.1, 0.15) is 23.7 Å². The maximum absolute atomic E-state index is 12.6. The zero-order valence-electron chi connectivity index (χ0n) is 13.2. The van der Waals surface area contributed by atoms with Crippen LogP contribution in [0.2, 0.25) is 0 Å². The third-order valence-electron chi connectivity index (χ3n) is 4.27. The zero-order valence-corrected chi connectivity index (χ0v) is 13.2. The molecule has 2 aromatic carbocycles. The first kappa shape index (κ1) is 15.6. The van der Waals surface area contributed by atoms with Crippen molar-refractivity contribution in [1.29, 1.82) is 0 Å². The van der Waals surface area contributed by atoms with Crippen LogP contribution in [0, 0.1) is 5.92 Å². The van der Waals surface area contributed by atoms with Crippen LogP contribution in [0.15, 0.2) is 54.6 Å². The number of β-amino-alcohol motifs (C(OH)–C–C–N with tert-alkyl or cyclic N) is 1. The Morgan fingerprint density at radius 3 is 2.61 bits per heavy atom. The van der Waals surface area contributed by atoms with Crippen molar-refractivity contribution in [3.8, 4) is 11.5 Å². The minimum absolute atomic E-state index is 0.0607. The second kappa shape index (κ2) is 6.84. The van der Waals surface area contributed by atoms with E-state index in [1.54, 1.807) is 17.0 Å². The number of aliphatic hydroxyl groups excluding tert-OH is 1. The first-order valence-electron chi connectivity index (χ1n) is 7.94. The lowest BCUT2D eigenvalue weighted by atomic mass is 9.95. The number of hydrogen-bond acceptors (Lipinski definition) is 3. The maximum Gasteiger partial charge on any atom is 0.254 e. The van der Waals surface area contributed by atoms with E-state index in [1.165, 1.54) is 0 Å². The van der Waals surface area contributed by atoms with Crippen molar-refractivity contribution in [3.63, 3.8) is 0 Å². The molecule has 0 aromatic heterocycles. The molecule has 1 N–H and O–H groups in total. The molecule has 2 aromatic rings. The van der Waals surface area contributed by atoms with E-state index in [2.05, 4.69) is 0 Å². The first-order valence-corrected chi connectivity index (χ1v) is 7.94. The van der Waals surface area contributed by atoms with Crippen molar-refractivity contribution in [1.82, 2.24) is 4.90 Å².